The average Bonchev–Trinajstić information content (AvgIpc) is 2.31. The number of hydrogen-bond donors (Lipinski definition) is 1. The summed E-state index contributed by atoms with van der Waals surface area (Å²) >= 11 is 2.01. The molecular formula is C8H4INO2. The van der Waals surface area contributed by atoms with Crippen LogP contribution < -0.4 is 0 Å². The second kappa shape index (κ2) is 2.55. The van der Waals surface area contributed by atoms with E-state index < -0.39 is 0 Å². The summed E-state index contributed by atoms with van der Waals surface area (Å²) < 4.78 is 0.741. The van der Waals surface area contributed by atoms with Crippen LogP contribution in [-0.2, 0) is 0 Å². The van der Waals surface area contributed by atoms with Crippen LogP contribution in [0, 0.1) is 3.57 Å². The van der Waals surface area contributed by atoms with E-state index in [1.807, 2.05) is 22.6 Å². The van der Waals surface area contributed by atoms with Crippen LogP contribution in [0.3, 0.4) is 0 Å². The lowest BCUT2D eigenvalue weighted by atomic mass is 10.1. The highest BCUT2D eigenvalue weighted by Crippen LogP contribution is 2.25. The lowest BCUT2D eigenvalue weighted by Crippen LogP contribution is -1.95. The maximum atomic E-state index is 11.1. The number of fused-ring (bicyclic) bond motifs is 1. The molecule has 1 aliphatic rings. The lowest BCUT2D eigenvalue weighted by Gasteiger charge is -1.99. The fraction of sp³-hybridized carbons (Fsp3) is 0. The minimum absolute atomic E-state index is 0.166. The molecule has 1 aliphatic heterocycles. The van der Waals surface area contributed by atoms with Crippen LogP contribution in [0.4, 0.5) is 0 Å². The molecule has 4 heteroatoms. The first kappa shape index (κ1) is 7.72. The zero-order valence-corrected chi connectivity index (χ0v) is 8.07. The molecule has 0 spiro atoms. The van der Waals surface area contributed by atoms with Crippen LogP contribution >= 0.6 is 22.6 Å². The fourth-order valence-corrected chi connectivity index (χ4v) is 1.99. The maximum Gasteiger partial charge on any atom is 0.278 e. The normalized spacial score (nSPS) is 13.6. The monoisotopic (exact) mass is 273 g/mol. The van der Waals surface area contributed by atoms with Crippen LogP contribution in [0.1, 0.15) is 15.9 Å². The number of phenols is 1. The first-order valence-corrected chi connectivity index (χ1v) is 4.37. The Morgan fingerprint density at radius 2 is 2.17 bits per heavy atom. The predicted octanol–water partition coefficient (Wildman–Crippen LogP) is 1.57. The predicted molar refractivity (Wildman–Crippen MR) is 52.7 cm³/mol. The number of amides is 1. The lowest BCUT2D eigenvalue weighted by molar-refractivity contribution is 0.101. The number of nitrogens with zero attached hydrogens (tertiary/aromatic N) is 1. The zero-order valence-electron chi connectivity index (χ0n) is 5.91. The minimum Gasteiger partial charge on any atom is -0.508 e. The van der Waals surface area contributed by atoms with Gasteiger partial charge in [-0.05, 0) is 34.7 Å². The van der Waals surface area contributed by atoms with Crippen LogP contribution in [0.15, 0.2) is 17.1 Å². The van der Waals surface area contributed by atoms with Crippen molar-refractivity contribution in [3.05, 3.63) is 26.8 Å². The molecular weight excluding hydrogens is 269 g/mol. The highest BCUT2D eigenvalue weighted by molar-refractivity contribution is 14.1. The third-order valence-electron chi connectivity index (χ3n) is 1.64. The third kappa shape index (κ3) is 1.03. The Morgan fingerprint density at radius 3 is 2.92 bits per heavy atom. The van der Waals surface area contributed by atoms with Gasteiger partial charge in [0.05, 0.1) is 5.56 Å². The van der Waals surface area contributed by atoms with E-state index in [1.165, 1.54) is 12.3 Å². The van der Waals surface area contributed by atoms with E-state index in [9.17, 15) is 9.90 Å². The number of rotatable bonds is 0. The molecule has 0 aliphatic carbocycles. The van der Waals surface area contributed by atoms with Gasteiger partial charge in [-0.2, -0.15) is 0 Å². The number of benzene rings is 1. The summed E-state index contributed by atoms with van der Waals surface area (Å²) in [7, 11) is 0. The van der Waals surface area contributed by atoms with Gasteiger partial charge in [-0.25, -0.2) is 4.99 Å². The van der Waals surface area contributed by atoms with E-state index in [0.717, 1.165) is 3.57 Å². The molecule has 0 saturated heterocycles. The van der Waals surface area contributed by atoms with Crippen molar-refractivity contribution < 1.29 is 9.90 Å². The van der Waals surface area contributed by atoms with E-state index in [-0.39, 0.29) is 11.7 Å². The van der Waals surface area contributed by atoms with Gasteiger partial charge in [-0.1, -0.05) is 0 Å². The second-order valence-corrected chi connectivity index (χ2v) is 3.62. The summed E-state index contributed by atoms with van der Waals surface area (Å²) in [5.74, 6) is -0.0614. The number of carbonyl (C=O) groups is 1. The van der Waals surface area contributed by atoms with Crippen molar-refractivity contribution in [2.45, 2.75) is 0 Å². The van der Waals surface area contributed by atoms with E-state index in [4.69, 9.17) is 0 Å². The zero-order chi connectivity index (χ0) is 8.72. The number of aliphatic imine (C=N–C) groups is 1. The SMILES string of the molecule is O=C1N=Cc2cc(O)cc(I)c21. The van der Waals surface area contributed by atoms with E-state index >= 15 is 0 Å². The Hall–Kier alpha value is -0.910. The Kier molecular flexibility index (Phi) is 1.64. The van der Waals surface area contributed by atoms with Gasteiger partial charge in [0.15, 0.2) is 0 Å². The molecule has 0 unspecified atom stereocenters. The molecule has 1 aromatic carbocycles. The summed E-state index contributed by atoms with van der Waals surface area (Å²) in [5.41, 5.74) is 1.29. The Labute approximate surface area is 82.3 Å². The number of aromatic hydroxyl groups is 1. The van der Waals surface area contributed by atoms with Gasteiger partial charge in [0, 0.05) is 15.3 Å². The fourth-order valence-electron chi connectivity index (χ4n) is 1.13. The van der Waals surface area contributed by atoms with Crippen molar-refractivity contribution in [2.75, 3.05) is 0 Å². The molecule has 0 fully saturated rings. The molecule has 1 N–H and O–H groups in total. The van der Waals surface area contributed by atoms with Crippen molar-refractivity contribution in [2.24, 2.45) is 4.99 Å². The second-order valence-electron chi connectivity index (χ2n) is 2.46. The molecule has 1 heterocycles. The van der Waals surface area contributed by atoms with Gasteiger partial charge in [-0.15, -0.1) is 0 Å². The third-order valence-corrected chi connectivity index (χ3v) is 2.49. The summed E-state index contributed by atoms with van der Waals surface area (Å²) in [5, 5.41) is 9.19. The average molecular weight is 273 g/mol. The van der Waals surface area contributed by atoms with Crippen LogP contribution in [0.5, 0.6) is 5.75 Å². The van der Waals surface area contributed by atoms with Gasteiger partial charge in [0.1, 0.15) is 5.75 Å². The van der Waals surface area contributed by atoms with Crippen molar-refractivity contribution >= 4 is 34.7 Å². The number of phenolic OH excluding ortho intramolecular Hbond substituents is 1. The molecule has 0 bridgehead atoms. The molecule has 1 amide bonds. The van der Waals surface area contributed by atoms with E-state index in [1.54, 1.807) is 6.07 Å². The molecule has 1 aromatic rings. The topological polar surface area (TPSA) is 49.7 Å². The van der Waals surface area contributed by atoms with Crippen molar-refractivity contribution in [3.63, 3.8) is 0 Å². The van der Waals surface area contributed by atoms with Crippen LogP contribution in [-0.4, -0.2) is 17.2 Å². The summed E-state index contributed by atoms with van der Waals surface area (Å²) in [6, 6.07) is 3.08. The van der Waals surface area contributed by atoms with Gasteiger partial charge in [0.2, 0.25) is 0 Å². The Balaban J connectivity index is 2.74. The van der Waals surface area contributed by atoms with Gasteiger partial charge in [-0.3, -0.25) is 4.79 Å². The maximum absolute atomic E-state index is 11.1. The molecule has 12 heavy (non-hydrogen) atoms. The summed E-state index contributed by atoms with van der Waals surface area (Å²) in [6.07, 6.45) is 1.47. The molecule has 0 radical (unpaired) electrons. The summed E-state index contributed by atoms with van der Waals surface area (Å²) in [6.45, 7) is 0. The number of halogens is 1. The van der Waals surface area contributed by atoms with Gasteiger partial charge >= 0.3 is 0 Å². The highest BCUT2D eigenvalue weighted by atomic mass is 127. The standard InChI is InChI=1S/C8H4INO2/c9-6-2-5(11)1-4-3-10-8(12)7(4)6/h1-3,11H. The Bertz CT molecular complexity index is 398. The largest absolute Gasteiger partial charge is 0.508 e. The first-order valence-electron chi connectivity index (χ1n) is 3.29. The first-order chi connectivity index (χ1) is 5.68. The van der Waals surface area contributed by atoms with Crippen molar-refractivity contribution in [1.82, 2.24) is 0 Å². The minimum atomic E-state index is -0.227. The number of carbonyl (C=O) groups excluding carboxylic acids is 1. The quantitative estimate of drug-likeness (QED) is 0.729. The van der Waals surface area contributed by atoms with E-state index in [0.29, 0.717) is 11.1 Å². The molecule has 60 valence electrons. The molecule has 0 aromatic heterocycles. The smallest absolute Gasteiger partial charge is 0.278 e. The van der Waals surface area contributed by atoms with Crippen LogP contribution in [0.2, 0.25) is 0 Å². The molecule has 0 atom stereocenters. The molecule has 0 saturated carbocycles. The van der Waals surface area contributed by atoms with E-state index in [2.05, 4.69) is 4.99 Å². The summed E-state index contributed by atoms with van der Waals surface area (Å²) in [4.78, 5) is 14.7. The van der Waals surface area contributed by atoms with Crippen LogP contribution in [0.25, 0.3) is 0 Å². The number of hydrogen-bond acceptors (Lipinski definition) is 2. The van der Waals surface area contributed by atoms with Gasteiger partial charge in [0.25, 0.3) is 5.91 Å². The van der Waals surface area contributed by atoms with Gasteiger partial charge < -0.3 is 5.11 Å². The molecule has 2 rings (SSSR count). The van der Waals surface area contributed by atoms with Crippen molar-refractivity contribution in [1.29, 1.82) is 0 Å². The highest BCUT2D eigenvalue weighted by Gasteiger charge is 2.19. The van der Waals surface area contributed by atoms with Crippen molar-refractivity contribution in [3.8, 4) is 5.75 Å². The Morgan fingerprint density at radius 1 is 1.42 bits per heavy atom. The molecule has 3 nitrogen and oxygen atoms in total.